The van der Waals surface area contributed by atoms with Gasteiger partial charge >= 0.3 is 5.97 Å². The van der Waals surface area contributed by atoms with Crippen molar-refractivity contribution in [1.29, 1.82) is 0 Å². The van der Waals surface area contributed by atoms with E-state index >= 15 is 0 Å². The van der Waals surface area contributed by atoms with Crippen LogP contribution in [0.4, 0.5) is 0 Å². The Morgan fingerprint density at radius 2 is 1.86 bits per heavy atom. The minimum atomic E-state index is -0.712. The molecule has 0 unspecified atom stereocenters. The number of hydrogen-bond acceptors (Lipinski definition) is 5. The number of aromatic nitrogens is 2. The summed E-state index contributed by atoms with van der Waals surface area (Å²) in [5.41, 5.74) is 1.51. The number of benzene rings is 1. The van der Waals surface area contributed by atoms with Crippen LogP contribution in [0.3, 0.4) is 0 Å². The van der Waals surface area contributed by atoms with Crippen molar-refractivity contribution in [3.05, 3.63) is 36.2 Å². The van der Waals surface area contributed by atoms with E-state index in [0.717, 1.165) is 0 Å². The topological polar surface area (TPSA) is 81.2 Å². The van der Waals surface area contributed by atoms with E-state index in [1.807, 2.05) is 32.0 Å². The van der Waals surface area contributed by atoms with Crippen LogP contribution in [0.25, 0.3) is 11.0 Å². The number of esters is 1. The molecule has 1 heterocycles. The molecular formula is C15H17N3O3. The predicted molar refractivity (Wildman–Crippen MR) is 77.6 cm³/mol. The summed E-state index contributed by atoms with van der Waals surface area (Å²) in [5.74, 6) is -1.01. The first-order chi connectivity index (χ1) is 10.0. The molecule has 0 bridgehead atoms. The minimum Gasteiger partial charge on any atom is -0.467 e. The summed E-state index contributed by atoms with van der Waals surface area (Å²) in [5, 5.41) is 2.63. The maximum absolute atomic E-state index is 12.2. The van der Waals surface area contributed by atoms with Gasteiger partial charge in [0, 0.05) is 0 Å². The molecule has 0 saturated carbocycles. The largest absolute Gasteiger partial charge is 0.467 e. The van der Waals surface area contributed by atoms with Gasteiger partial charge in [-0.1, -0.05) is 26.0 Å². The Hall–Kier alpha value is -2.50. The van der Waals surface area contributed by atoms with Crippen LogP contribution in [0.5, 0.6) is 0 Å². The Morgan fingerprint density at radius 3 is 2.48 bits per heavy atom. The van der Waals surface area contributed by atoms with Gasteiger partial charge in [-0.2, -0.15) is 0 Å². The van der Waals surface area contributed by atoms with Crippen molar-refractivity contribution in [2.75, 3.05) is 7.11 Å². The van der Waals surface area contributed by atoms with E-state index in [9.17, 15) is 9.59 Å². The fraction of sp³-hybridized carbons (Fsp3) is 0.333. The number of carbonyl (C=O) groups excluding carboxylic acids is 2. The third-order valence-corrected chi connectivity index (χ3v) is 3.09. The number of carbonyl (C=O) groups is 2. The second-order valence-electron chi connectivity index (χ2n) is 4.96. The first-order valence-corrected chi connectivity index (χ1v) is 6.63. The van der Waals surface area contributed by atoms with Crippen LogP contribution in [0, 0.1) is 5.92 Å². The van der Waals surface area contributed by atoms with E-state index in [0.29, 0.717) is 11.0 Å². The van der Waals surface area contributed by atoms with Gasteiger partial charge in [0.2, 0.25) is 0 Å². The first-order valence-electron chi connectivity index (χ1n) is 6.63. The van der Waals surface area contributed by atoms with E-state index in [1.54, 1.807) is 6.07 Å². The van der Waals surface area contributed by atoms with Crippen LogP contribution < -0.4 is 5.32 Å². The number of nitrogens with one attached hydrogen (secondary N) is 1. The Bertz CT molecular complexity index is 670. The normalized spacial score (nSPS) is 12.2. The standard InChI is InChI=1S/C15H17N3O3/c1-9(2)13(15(20)21-3)18-14(19)12-8-16-10-6-4-5-7-11(10)17-12/h4-9,13H,1-3H3,(H,18,19)/t13-/m0/s1. The molecule has 1 aromatic heterocycles. The van der Waals surface area contributed by atoms with E-state index in [-0.39, 0.29) is 11.6 Å². The molecular weight excluding hydrogens is 270 g/mol. The molecule has 0 spiro atoms. The third-order valence-electron chi connectivity index (χ3n) is 3.09. The summed E-state index contributed by atoms with van der Waals surface area (Å²) in [7, 11) is 1.29. The second-order valence-corrected chi connectivity index (χ2v) is 4.96. The van der Waals surface area contributed by atoms with E-state index < -0.39 is 17.9 Å². The Balaban J connectivity index is 2.23. The molecule has 2 rings (SSSR count). The molecule has 0 radical (unpaired) electrons. The molecule has 1 amide bonds. The Morgan fingerprint density at radius 1 is 1.19 bits per heavy atom. The van der Waals surface area contributed by atoms with Crippen LogP contribution in [0.2, 0.25) is 0 Å². The molecule has 1 N–H and O–H groups in total. The van der Waals surface area contributed by atoms with Crippen LogP contribution in [-0.2, 0) is 9.53 Å². The fourth-order valence-electron chi connectivity index (χ4n) is 1.91. The highest BCUT2D eigenvalue weighted by Crippen LogP contribution is 2.10. The van der Waals surface area contributed by atoms with Gasteiger partial charge in [0.15, 0.2) is 0 Å². The number of rotatable bonds is 4. The molecule has 0 fully saturated rings. The molecule has 21 heavy (non-hydrogen) atoms. The number of amides is 1. The number of methoxy groups -OCH3 is 1. The third kappa shape index (κ3) is 3.34. The van der Waals surface area contributed by atoms with Gasteiger partial charge in [-0.25, -0.2) is 9.78 Å². The molecule has 6 heteroatoms. The molecule has 0 aliphatic carbocycles. The lowest BCUT2D eigenvalue weighted by Crippen LogP contribution is -2.45. The average Bonchev–Trinajstić information content (AvgIpc) is 2.50. The summed E-state index contributed by atoms with van der Waals surface area (Å²) in [4.78, 5) is 32.3. The molecule has 1 aromatic carbocycles. The molecule has 0 aliphatic heterocycles. The van der Waals surface area contributed by atoms with Crippen molar-refractivity contribution < 1.29 is 14.3 Å². The molecule has 2 aromatic rings. The monoisotopic (exact) mass is 287 g/mol. The van der Waals surface area contributed by atoms with Crippen LogP contribution in [0.1, 0.15) is 24.3 Å². The number of hydrogen-bond donors (Lipinski definition) is 1. The lowest BCUT2D eigenvalue weighted by molar-refractivity contribution is -0.144. The zero-order chi connectivity index (χ0) is 15.4. The van der Waals surface area contributed by atoms with Gasteiger partial charge in [-0.15, -0.1) is 0 Å². The van der Waals surface area contributed by atoms with Crippen molar-refractivity contribution in [2.45, 2.75) is 19.9 Å². The first kappa shape index (κ1) is 14.9. The lowest BCUT2D eigenvalue weighted by Gasteiger charge is -2.19. The van der Waals surface area contributed by atoms with Gasteiger partial charge < -0.3 is 10.1 Å². The van der Waals surface area contributed by atoms with Crippen LogP contribution in [0.15, 0.2) is 30.5 Å². The molecule has 0 aliphatic rings. The predicted octanol–water partition coefficient (Wildman–Crippen LogP) is 1.56. The summed E-state index contributed by atoms with van der Waals surface area (Å²) < 4.78 is 4.69. The molecule has 6 nitrogen and oxygen atoms in total. The smallest absolute Gasteiger partial charge is 0.328 e. The summed E-state index contributed by atoms with van der Waals surface area (Å²) in [6.45, 7) is 3.65. The summed E-state index contributed by atoms with van der Waals surface area (Å²) >= 11 is 0. The van der Waals surface area contributed by atoms with Gasteiger partial charge in [-0.05, 0) is 18.1 Å². The van der Waals surface area contributed by atoms with Crippen LogP contribution in [-0.4, -0.2) is 35.0 Å². The van der Waals surface area contributed by atoms with Crippen molar-refractivity contribution in [2.24, 2.45) is 5.92 Å². The van der Waals surface area contributed by atoms with E-state index in [4.69, 9.17) is 4.74 Å². The van der Waals surface area contributed by atoms with Crippen molar-refractivity contribution >= 4 is 22.9 Å². The zero-order valence-electron chi connectivity index (χ0n) is 12.2. The van der Waals surface area contributed by atoms with Gasteiger partial charge in [0.25, 0.3) is 5.91 Å². The number of fused-ring (bicyclic) bond motifs is 1. The van der Waals surface area contributed by atoms with E-state index in [1.165, 1.54) is 13.3 Å². The van der Waals surface area contributed by atoms with Gasteiger partial charge in [0.05, 0.1) is 24.3 Å². The maximum Gasteiger partial charge on any atom is 0.328 e. The van der Waals surface area contributed by atoms with Gasteiger partial charge in [-0.3, -0.25) is 9.78 Å². The van der Waals surface area contributed by atoms with E-state index in [2.05, 4.69) is 15.3 Å². The number of para-hydroxylation sites is 2. The summed E-state index contributed by atoms with van der Waals surface area (Å²) in [6.07, 6.45) is 1.40. The van der Waals surface area contributed by atoms with Crippen molar-refractivity contribution in [3.63, 3.8) is 0 Å². The highest BCUT2D eigenvalue weighted by Gasteiger charge is 2.25. The number of ether oxygens (including phenoxy) is 1. The molecule has 0 saturated heterocycles. The Kier molecular flexibility index (Phi) is 4.47. The summed E-state index contributed by atoms with van der Waals surface area (Å²) in [6, 6.07) is 6.55. The van der Waals surface area contributed by atoms with Crippen molar-refractivity contribution in [1.82, 2.24) is 15.3 Å². The minimum absolute atomic E-state index is 0.0881. The lowest BCUT2D eigenvalue weighted by atomic mass is 10.0. The average molecular weight is 287 g/mol. The van der Waals surface area contributed by atoms with Crippen LogP contribution >= 0.6 is 0 Å². The second kappa shape index (κ2) is 6.30. The van der Waals surface area contributed by atoms with Crippen molar-refractivity contribution in [3.8, 4) is 0 Å². The molecule has 110 valence electrons. The zero-order valence-corrected chi connectivity index (χ0v) is 12.2. The maximum atomic E-state index is 12.2. The number of nitrogens with zero attached hydrogens (tertiary/aromatic N) is 2. The van der Waals surface area contributed by atoms with Gasteiger partial charge in [0.1, 0.15) is 11.7 Å². The highest BCUT2D eigenvalue weighted by atomic mass is 16.5. The fourth-order valence-corrected chi connectivity index (χ4v) is 1.91. The Labute approximate surface area is 122 Å². The highest BCUT2D eigenvalue weighted by molar-refractivity contribution is 5.96. The SMILES string of the molecule is COC(=O)[C@@H](NC(=O)c1cnc2ccccc2n1)C(C)C. The quantitative estimate of drug-likeness (QED) is 0.863. The molecule has 1 atom stereocenters.